The number of hydrogen-bond acceptors (Lipinski definition) is 4. The molecule has 1 aromatic heterocycles. The minimum atomic E-state index is -3.24. The van der Waals surface area contributed by atoms with Crippen molar-refractivity contribution in [2.75, 3.05) is 12.0 Å². The largest absolute Gasteiger partial charge is 0.397 e. The van der Waals surface area contributed by atoms with Crippen LogP contribution in [-0.4, -0.2) is 24.5 Å². The van der Waals surface area contributed by atoms with E-state index < -0.39 is 9.84 Å². The molecule has 0 unspecified atom stereocenters. The molecule has 1 aromatic carbocycles. The van der Waals surface area contributed by atoms with Gasteiger partial charge in [-0.05, 0) is 30.2 Å². The molecule has 6 heteroatoms. The van der Waals surface area contributed by atoms with Gasteiger partial charge in [0.15, 0.2) is 9.84 Å². The van der Waals surface area contributed by atoms with E-state index in [0.29, 0.717) is 17.3 Å². The predicted molar refractivity (Wildman–Crippen MR) is 75.2 cm³/mol. The molecule has 5 nitrogen and oxygen atoms in total. The molecule has 2 N–H and O–H groups in total. The van der Waals surface area contributed by atoms with E-state index in [4.69, 9.17) is 5.73 Å². The minimum absolute atomic E-state index is 0.213. The highest BCUT2D eigenvalue weighted by Crippen LogP contribution is 2.22. The van der Waals surface area contributed by atoms with Gasteiger partial charge in [0.2, 0.25) is 0 Å². The number of nitrogens with two attached hydrogens (primary N) is 1. The number of benzene rings is 1. The molecule has 0 aliphatic carbocycles. The second kappa shape index (κ2) is 4.70. The first-order valence-corrected chi connectivity index (χ1v) is 7.83. The number of sulfone groups is 1. The van der Waals surface area contributed by atoms with Gasteiger partial charge in [0.1, 0.15) is 0 Å². The van der Waals surface area contributed by atoms with E-state index in [1.807, 2.05) is 12.3 Å². The van der Waals surface area contributed by atoms with Gasteiger partial charge >= 0.3 is 0 Å². The fourth-order valence-corrected chi connectivity index (χ4v) is 2.41. The van der Waals surface area contributed by atoms with Gasteiger partial charge < -0.3 is 5.73 Å². The first-order valence-electron chi connectivity index (χ1n) is 5.94. The molecule has 0 amide bonds. The van der Waals surface area contributed by atoms with Crippen LogP contribution in [0.4, 0.5) is 5.69 Å². The fraction of sp³-hybridized carbons (Fsp3) is 0.308. The van der Waals surface area contributed by atoms with Crippen LogP contribution in [0.25, 0.3) is 5.69 Å². The second-order valence-corrected chi connectivity index (χ2v) is 6.85. The van der Waals surface area contributed by atoms with Crippen molar-refractivity contribution in [3.63, 3.8) is 0 Å². The molecule has 2 rings (SSSR count). The first-order chi connectivity index (χ1) is 8.79. The van der Waals surface area contributed by atoms with E-state index >= 15 is 0 Å². The van der Waals surface area contributed by atoms with Gasteiger partial charge in [-0.25, -0.2) is 13.1 Å². The fourth-order valence-electron chi connectivity index (χ4n) is 1.75. The third-order valence-electron chi connectivity index (χ3n) is 2.88. The summed E-state index contributed by atoms with van der Waals surface area (Å²) in [6.07, 6.45) is 2.98. The lowest BCUT2D eigenvalue weighted by Gasteiger charge is -2.08. The molecule has 0 saturated heterocycles. The van der Waals surface area contributed by atoms with Crippen molar-refractivity contribution in [1.29, 1.82) is 0 Å². The summed E-state index contributed by atoms with van der Waals surface area (Å²) in [5.74, 6) is 0.331. The summed E-state index contributed by atoms with van der Waals surface area (Å²) >= 11 is 0. The van der Waals surface area contributed by atoms with Crippen molar-refractivity contribution in [2.24, 2.45) is 0 Å². The van der Waals surface area contributed by atoms with Crippen LogP contribution in [0, 0.1) is 0 Å². The zero-order valence-corrected chi connectivity index (χ0v) is 12.0. The second-order valence-electron chi connectivity index (χ2n) is 4.83. The minimum Gasteiger partial charge on any atom is -0.397 e. The first kappa shape index (κ1) is 13.6. The number of nitrogen functional groups attached to an aromatic ring is 1. The summed E-state index contributed by atoms with van der Waals surface area (Å²) in [6.45, 7) is 4.12. The van der Waals surface area contributed by atoms with Crippen molar-refractivity contribution in [2.45, 2.75) is 24.7 Å². The maximum atomic E-state index is 11.4. The van der Waals surface area contributed by atoms with Crippen LogP contribution in [0.3, 0.4) is 0 Å². The average Bonchev–Trinajstić information content (AvgIpc) is 2.76. The van der Waals surface area contributed by atoms with Crippen LogP contribution in [0.15, 0.2) is 35.4 Å². The molecule has 102 valence electrons. The Bertz CT molecular complexity index is 702. The maximum Gasteiger partial charge on any atom is 0.175 e. The monoisotopic (exact) mass is 279 g/mol. The van der Waals surface area contributed by atoms with E-state index in [1.165, 1.54) is 12.1 Å². The number of rotatable bonds is 3. The van der Waals surface area contributed by atoms with Crippen LogP contribution in [0.1, 0.15) is 25.5 Å². The molecular formula is C13H17N3O2S. The van der Waals surface area contributed by atoms with Crippen LogP contribution < -0.4 is 5.73 Å². The van der Waals surface area contributed by atoms with Gasteiger partial charge in [0.25, 0.3) is 0 Å². The highest BCUT2D eigenvalue weighted by molar-refractivity contribution is 7.90. The van der Waals surface area contributed by atoms with Gasteiger partial charge in [0.05, 0.1) is 22.0 Å². The maximum absolute atomic E-state index is 11.4. The number of aromatic nitrogens is 2. The summed E-state index contributed by atoms with van der Waals surface area (Å²) in [5, 5.41) is 4.42. The van der Waals surface area contributed by atoms with E-state index in [0.717, 1.165) is 11.9 Å². The Kier molecular flexibility index (Phi) is 3.36. The Labute approximate surface area is 113 Å². The molecule has 0 aliphatic heterocycles. The molecule has 0 spiro atoms. The molecule has 0 atom stereocenters. The van der Waals surface area contributed by atoms with E-state index in [9.17, 15) is 8.42 Å². The molecular weight excluding hydrogens is 262 g/mol. The van der Waals surface area contributed by atoms with Crippen molar-refractivity contribution < 1.29 is 8.42 Å². The normalized spacial score (nSPS) is 12.0. The SMILES string of the molecule is CC(C)c1ccn(-c2ccc(S(C)(=O)=O)cc2N)n1. The molecule has 0 saturated carbocycles. The van der Waals surface area contributed by atoms with Crippen LogP contribution in [-0.2, 0) is 9.84 Å². The summed E-state index contributed by atoms with van der Waals surface area (Å²) in [4.78, 5) is 0.213. The third-order valence-corrected chi connectivity index (χ3v) is 3.99. The van der Waals surface area contributed by atoms with Crippen LogP contribution in [0.2, 0.25) is 0 Å². The van der Waals surface area contributed by atoms with E-state index in [2.05, 4.69) is 18.9 Å². The Morgan fingerprint density at radius 1 is 1.26 bits per heavy atom. The number of anilines is 1. The lowest BCUT2D eigenvalue weighted by Crippen LogP contribution is -2.04. The van der Waals surface area contributed by atoms with Gasteiger partial charge in [-0.15, -0.1) is 0 Å². The van der Waals surface area contributed by atoms with Crippen molar-refractivity contribution in [3.8, 4) is 5.69 Å². The third kappa shape index (κ3) is 2.78. The highest BCUT2D eigenvalue weighted by Gasteiger charge is 2.11. The van der Waals surface area contributed by atoms with Crippen LogP contribution in [0.5, 0.6) is 0 Å². The summed E-state index contributed by atoms with van der Waals surface area (Å²) in [7, 11) is -3.24. The van der Waals surface area contributed by atoms with E-state index in [1.54, 1.807) is 10.7 Å². The van der Waals surface area contributed by atoms with E-state index in [-0.39, 0.29) is 4.90 Å². The summed E-state index contributed by atoms with van der Waals surface area (Å²) in [6, 6.07) is 6.59. The number of nitrogens with zero attached hydrogens (tertiary/aromatic N) is 2. The Morgan fingerprint density at radius 2 is 1.95 bits per heavy atom. The van der Waals surface area contributed by atoms with Gasteiger partial charge in [-0.3, -0.25) is 0 Å². The number of hydrogen-bond donors (Lipinski definition) is 1. The molecule has 0 radical (unpaired) electrons. The average molecular weight is 279 g/mol. The zero-order chi connectivity index (χ0) is 14.2. The Hall–Kier alpha value is -1.82. The molecule has 2 aromatic rings. The molecule has 0 fully saturated rings. The standard InChI is InChI=1S/C13H17N3O2S/c1-9(2)12-6-7-16(15-12)13-5-4-10(8-11(13)14)19(3,17)18/h4-9H,14H2,1-3H3. The predicted octanol–water partition coefficient (Wildman–Crippen LogP) is 1.98. The summed E-state index contributed by atoms with van der Waals surface area (Å²) < 4.78 is 24.6. The lowest BCUT2D eigenvalue weighted by molar-refractivity contribution is 0.602. The van der Waals surface area contributed by atoms with Gasteiger partial charge in [-0.2, -0.15) is 5.10 Å². The van der Waals surface area contributed by atoms with Gasteiger partial charge in [0, 0.05) is 12.5 Å². The Balaban J connectivity index is 2.46. The topological polar surface area (TPSA) is 78.0 Å². The highest BCUT2D eigenvalue weighted by atomic mass is 32.2. The summed E-state index contributed by atoms with van der Waals surface area (Å²) in [5.41, 5.74) is 7.94. The van der Waals surface area contributed by atoms with Crippen LogP contribution >= 0.6 is 0 Å². The molecule has 1 heterocycles. The zero-order valence-electron chi connectivity index (χ0n) is 11.2. The quantitative estimate of drug-likeness (QED) is 0.871. The van der Waals surface area contributed by atoms with Crippen molar-refractivity contribution in [1.82, 2.24) is 9.78 Å². The Morgan fingerprint density at radius 3 is 2.42 bits per heavy atom. The lowest BCUT2D eigenvalue weighted by atomic mass is 10.1. The molecule has 19 heavy (non-hydrogen) atoms. The van der Waals surface area contributed by atoms with Crippen molar-refractivity contribution >= 4 is 15.5 Å². The van der Waals surface area contributed by atoms with Gasteiger partial charge in [-0.1, -0.05) is 13.8 Å². The molecule has 0 bridgehead atoms. The van der Waals surface area contributed by atoms with Crippen molar-refractivity contribution in [3.05, 3.63) is 36.2 Å². The molecule has 0 aliphatic rings. The smallest absolute Gasteiger partial charge is 0.175 e.